The number of carbonyl (C=O) groups is 1. The first-order valence-corrected chi connectivity index (χ1v) is 6.91. The number of aryl methyl sites for hydroxylation is 2. The maximum absolute atomic E-state index is 14.0. The molecule has 1 aromatic rings. The summed E-state index contributed by atoms with van der Waals surface area (Å²) in [7, 11) is 0. The van der Waals surface area contributed by atoms with Crippen LogP contribution in [0.1, 0.15) is 27.9 Å². The lowest BCUT2D eigenvalue weighted by molar-refractivity contribution is -0.0507. The Labute approximate surface area is 126 Å². The van der Waals surface area contributed by atoms with Crippen LogP contribution in [0.4, 0.5) is 13.2 Å². The van der Waals surface area contributed by atoms with Crippen LogP contribution in [0.15, 0.2) is 12.1 Å². The molecule has 1 atom stereocenters. The number of carbonyl (C=O) groups excluding carboxylic acids is 1. The number of aliphatic hydroxyl groups is 1. The van der Waals surface area contributed by atoms with Crippen LogP contribution in [0.2, 0.25) is 0 Å². The van der Waals surface area contributed by atoms with Crippen molar-refractivity contribution in [3.63, 3.8) is 0 Å². The summed E-state index contributed by atoms with van der Waals surface area (Å²) in [5.41, 5.74) is -0.648. The standard InChI is InChI=1S/C15H18F3NO3/c1-9-5-11(6-10(2)12(9)22-14(16)17)13(21)19-4-3-15(18,7-19)8-20/h5-6,14,20H,3-4,7-8H2,1-2H3. The number of aliphatic hydroxyl groups excluding tert-OH is 1. The lowest BCUT2D eigenvalue weighted by Gasteiger charge is -2.20. The number of alkyl halides is 3. The highest BCUT2D eigenvalue weighted by molar-refractivity contribution is 5.95. The van der Waals surface area contributed by atoms with E-state index >= 15 is 0 Å². The quantitative estimate of drug-likeness (QED) is 0.928. The summed E-state index contributed by atoms with van der Waals surface area (Å²) >= 11 is 0. The Morgan fingerprint density at radius 2 is 2.00 bits per heavy atom. The van der Waals surface area contributed by atoms with Gasteiger partial charge in [-0.15, -0.1) is 0 Å². The first-order valence-electron chi connectivity index (χ1n) is 6.91. The van der Waals surface area contributed by atoms with Crippen LogP contribution in [-0.4, -0.2) is 47.9 Å². The monoisotopic (exact) mass is 317 g/mol. The second-order valence-electron chi connectivity index (χ2n) is 5.60. The third kappa shape index (κ3) is 3.35. The molecule has 0 saturated carbocycles. The van der Waals surface area contributed by atoms with Crippen LogP contribution in [0.25, 0.3) is 0 Å². The summed E-state index contributed by atoms with van der Waals surface area (Å²) in [6, 6.07) is 2.90. The topological polar surface area (TPSA) is 49.8 Å². The molecular weight excluding hydrogens is 299 g/mol. The smallest absolute Gasteiger partial charge is 0.387 e. The zero-order chi connectivity index (χ0) is 16.5. The van der Waals surface area contributed by atoms with E-state index in [9.17, 15) is 18.0 Å². The molecule has 1 saturated heterocycles. The van der Waals surface area contributed by atoms with Gasteiger partial charge in [-0.1, -0.05) is 0 Å². The highest BCUT2D eigenvalue weighted by Crippen LogP contribution is 2.30. The average Bonchev–Trinajstić information content (AvgIpc) is 2.85. The van der Waals surface area contributed by atoms with Gasteiger partial charge in [0.05, 0.1) is 13.2 Å². The number of halogens is 3. The van der Waals surface area contributed by atoms with Gasteiger partial charge in [0.1, 0.15) is 5.75 Å². The van der Waals surface area contributed by atoms with E-state index in [2.05, 4.69) is 4.74 Å². The fourth-order valence-electron chi connectivity index (χ4n) is 2.67. The minimum absolute atomic E-state index is 0.0446. The van der Waals surface area contributed by atoms with Gasteiger partial charge in [-0.25, -0.2) is 4.39 Å². The molecule has 4 nitrogen and oxygen atoms in total. The molecule has 0 radical (unpaired) electrons. The molecule has 1 fully saturated rings. The van der Waals surface area contributed by atoms with Crippen molar-refractivity contribution in [1.82, 2.24) is 4.90 Å². The van der Waals surface area contributed by atoms with Crippen molar-refractivity contribution in [2.75, 3.05) is 19.7 Å². The third-order valence-electron chi connectivity index (χ3n) is 3.79. The van der Waals surface area contributed by atoms with Crippen LogP contribution < -0.4 is 4.74 Å². The van der Waals surface area contributed by atoms with Crippen LogP contribution in [-0.2, 0) is 0 Å². The molecule has 1 aliphatic rings. The van der Waals surface area contributed by atoms with Crippen molar-refractivity contribution in [2.24, 2.45) is 0 Å². The fraction of sp³-hybridized carbons (Fsp3) is 0.533. The Bertz CT molecular complexity index is 556. The molecule has 1 unspecified atom stereocenters. The molecule has 1 heterocycles. The lowest BCUT2D eigenvalue weighted by Crippen LogP contribution is -2.35. The summed E-state index contributed by atoms with van der Waals surface area (Å²) in [6.07, 6.45) is 0.0831. The highest BCUT2D eigenvalue weighted by Gasteiger charge is 2.40. The number of hydrogen-bond acceptors (Lipinski definition) is 3. The molecule has 0 spiro atoms. The Morgan fingerprint density at radius 1 is 1.41 bits per heavy atom. The van der Waals surface area contributed by atoms with Gasteiger partial charge in [-0.2, -0.15) is 8.78 Å². The molecule has 1 aromatic carbocycles. The summed E-state index contributed by atoms with van der Waals surface area (Å²) in [4.78, 5) is 13.7. The third-order valence-corrected chi connectivity index (χ3v) is 3.79. The van der Waals surface area contributed by atoms with E-state index in [0.29, 0.717) is 16.7 Å². The van der Waals surface area contributed by atoms with Gasteiger partial charge in [-0.05, 0) is 37.1 Å². The van der Waals surface area contributed by atoms with E-state index in [1.54, 1.807) is 13.8 Å². The van der Waals surface area contributed by atoms with Crippen molar-refractivity contribution in [3.05, 3.63) is 28.8 Å². The molecule has 1 N–H and O–H groups in total. The molecule has 1 aliphatic heterocycles. The normalized spacial score (nSPS) is 21.5. The van der Waals surface area contributed by atoms with Gasteiger partial charge >= 0.3 is 6.61 Å². The maximum atomic E-state index is 14.0. The van der Waals surface area contributed by atoms with Crippen molar-refractivity contribution in [3.8, 4) is 5.75 Å². The van der Waals surface area contributed by atoms with E-state index < -0.39 is 18.9 Å². The largest absolute Gasteiger partial charge is 0.434 e. The Hall–Kier alpha value is -1.76. The number of ether oxygens (including phenoxy) is 1. The zero-order valence-electron chi connectivity index (χ0n) is 12.4. The minimum atomic E-state index is -2.94. The second kappa shape index (κ2) is 6.16. The van der Waals surface area contributed by atoms with Crippen molar-refractivity contribution < 1.29 is 27.8 Å². The van der Waals surface area contributed by atoms with Crippen LogP contribution in [0.3, 0.4) is 0 Å². The van der Waals surface area contributed by atoms with Crippen molar-refractivity contribution in [1.29, 1.82) is 0 Å². The fourth-order valence-corrected chi connectivity index (χ4v) is 2.67. The molecule has 0 bridgehead atoms. The summed E-state index contributed by atoms with van der Waals surface area (Å²) in [5.74, 6) is -0.342. The number of nitrogens with zero attached hydrogens (tertiary/aromatic N) is 1. The summed E-state index contributed by atoms with van der Waals surface area (Å²) in [6.45, 7) is -0.388. The molecule has 0 aliphatic carbocycles. The number of likely N-dealkylation sites (tertiary alicyclic amines) is 1. The maximum Gasteiger partial charge on any atom is 0.387 e. The first kappa shape index (κ1) is 16.6. The molecule has 1 amide bonds. The van der Waals surface area contributed by atoms with Crippen LogP contribution in [0.5, 0.6) is 5.75 Å². The number of hydrogen-bond donors (Lipinski definition) is 1. The molecule has 0 aromatic heterocycles. The van der Waals surface area contributed by atoms with Gasteiger partial charge in [0, 0.05) is 18.5 Å². The number of rotatable bonds is 4. The predicted molar refractivity (Wildman–Crippen MR) is 74.0 cm³/mol. The molecule has 22 heavy (non-hydrogen) atoms. The summed E-state index contributed by atoms with van der Waals surface area (Å²) < 4.78 is 43.1. The molecule has 122 valence electrons. The van der Waals surface area contributed by atoms with E-state index in [0.717, 1.165) is 0 Å². The Balaban J connectivity index is 2.21. The Morgan fingerprint density at radius 3 is 2.45 bits per heavy atom. The SMILES string of the molecule is Cc1cc(C(=O)N2CCC(F)(CO)C2)cc(C)c1OC(F)F. The average molecular weight is 317 g/mol. The van der Waals surface area contributed by atoms with Gasteiger partial charge in [0.2, 0.25) is 0 Å². The van der Waals surface area contributed by atoms with Crippen LogP contribution in [0, 0.1) is 13.8 Å². The van der Waals surface area contributed by atoms with E-state index in [4.69, 9.17) is 5.11 Å². The van der Waals surface area contributed by atoms with Gasteiger partial charge in [0.25, 0.3) is 5.91 Å². The zero-order valence-corrected chi connectivity index (χ0v) is 12.4. The van der Waals surface area contributed by atoms with Crippen molar-refractivity contribution >= 4 is 5.91 Å². The summed E-state index contributed by atoms with van der Waals surface area (Å²) in [5, 5.41) is 9.00. The number of benzene rings is 1. The first-order chi connectivity index (χ1) is 10.3. The minimum Gasteiger partial charge on any atom is -0.434 e. The lowest BCUT2D eigenvalue weighted by atomic mass is 10.0. The van der Waals surface area contributed by atoms with Gasteiger partial charge in [0.15, 0.2) is 5.67 Å². The highest BCUT2D eigenvalue weighted by atomic mass is 19.3. The van der Waals surface area contributed by atoms with E-state index in [1.165, 1.54) is 17.0 Å². The predicted octanol–water partition coefficient (Wildman–Crippen LogP) is 2.45. The van der Waals surface area contributed by atoms with E-state index in [1.807, 2.05) is 0 Å². The second-order valence-corrected chi connectivity index (χ2v) is 5.60. The number of amides is 1. The van der Waals surface area contributed by atoms with E-state index in [-0.39, 0.29) is 31.2 Å². The molecular formula is C15H18F3NO3. The van der Waals surface area contributed by atoms with Gasteiger partial charge in [-0.3, -0.25) is 4.79 Å². The Kier molecular flexibility index (Phi) is 4.65. The van der Waals surface area contributed by atoms with Gasteiger partial charge < -0.3 is 14.7 Å². The molecule has 2 rings (SSSR count). The van der Waals surface area contributed by atoms with Crippen LogP contribution >= 0.6 is 0 Å². The van der Waals surface area contributed by atoms with Crippen molar-refractivity contribution in [2.45, 2.75) is 32.5 Å². The molecule has 7 heteroatoms.